The van der Waals surface area contributed by atoms with Gasteiger partial charge >= 0.3 is 25.7 Å². The van der Waals surface area contributed by atoms with E-state index >= 15 is 0 Å². The molecule has 0 saturated heterocycles. The van der Waals surface area contributed by atoms with Crippen LogP contribution in [-0.2, 0) is 42.3 Å². The third kappa shape index (κ3) is 36.7. The maximum atomic E-state index is 12.6. The van der Waals surface area contributed by atoms with E-state index < -0.39 is 57.7 Å². The minimum absolute atomic E-state index is 0.0991. The molecule has 0 aliphatic carbocycles. The van der Waals surface area contributed by atoms with Crippen molar-refractivity contribution in [2.75, 3.05) is 19.8 Å². The predicted molar refractivity (Wildman–Crippen MR) is 217 cm³/mol. The molecule has 13 heteroatoms. The van der Waals surface area contributed by atoms with Crippen LogP contribution in [0.15, 0.2) is 36.5 Å². The summed E-state index contributed by atoms with van der Waals surface area (Å²) in [4.78, 5) is 57.9. The fraction of sp³-hybridized carbons (Fsp3) is 0.762. The van der Waals surface area contributed by atoms with E-state index in [9.17, 15) is 28.6 Å². The number of phosphoric acid groups is 1. The summed E-state index contributed by atoms with van der Waals surface area (Å²) in [5, 5.41) is 8.87. The fourth-order valence-electron chi connectivity index (χ4n) is 5.45. The van der Waals surface area contributed by atoms with E-state index in [4.69, 9.17) is 24.8 Å². The smallest absolute Gasteiger partial charge is 0.472 e. The molecule has 1 unspecified atom stereocenters. The standard InChI is InChI=1S/C42H74NO11P/c1-3-5-7-9-11-12-13-14-15-16-17-18-20-24-29-33-41(46)54-38(35-52-55(49,50)53-36-39(43)42(47)48)34-51-40(45)32-28-25-21-23-27-31-37(44)30-26-22-19-10-8-6-4-2/h12-13,19,22,26,30,38-39H,3-11,14-18,20-21,23-25,27-29,31-36,43H2,1-2H3,(H,47,48)(H,49,50)/b13-12-,22-19-,30-26+/t38-,39+/m1/s1. The number of carbonyl (C=O) groups excluding carboxylic acids is 3. The Morgan fingerprint density at radius 3 is 1.67 bits per heavy atom. The first-order valence-corrected chi connectivity index (χ1v) is 22.5. The lowest BCUT2D eigenvalue weighted by atomic mass is 10.1. The van der Waals surface area contributed by atoms with Gasteiger partial charge in [-0.25, -0.2) is 4.57 Å². The van der Waals surface area contributed by atoms with Gasteiger partial charge in [-0.15, -0.1) is 0 Å². The number of hydrogen-bond acceptors (Lipinski definition) is 10. The van der Waals surface area contributed by atoms with Crippen molar-refractivity contribution in [3.8, 4) is 0 Å². The van der Waals surface area contributed by atoms with E-state index in [0.717, 1.165) is 70.6 Å². The minimum Gasteiger partial charge on any atom is -0.480 e. The summed E-state index contributed by atoms with van der Waals surface area (Å²) in [6.45, 7) is 2.60. The van der Waals surface area contributed by atoms with Gasteiger partial charge in [0.2, 0.25) is 0 Å². The molecule has 0 saturated carbocycles. The van der Waals surface area contributed by atoms with Gasteiger partial charge < -0.3 is 25.2 Å². The number of esters is 2. The van der Waals surface area contributed by atoms with Crippen molar-refractivity contribution in [2.24, 2.45) is 5.73 Å². The number of carboxylic acids is 1. The highest BCUT2D eigenvalue weighted by molar-refractivity contribution is 7.47. The third-order valence-electron chi connectivity index (χ3n) is 8.84. The van der Waals surface area contributed by atoms with Crippen molar-refractivity contribution in [1.82, 2.24) is 0 Å². The van der Waals surface area contributed by atoms with E-state index in [1.165, 1.54) is 57.8 Å². The van der Waals surface area contributed by atoms with Gasteiger partial charge in [-0.1, -0.05) is 128 Å². The molecule has 0 spiro atoms. The summed E-state index contributed by atoms with van der Waals surface area (Å²) >= 11 is 0. The maximum absolute atomic E-state index is 12.6. The first-order valence-electron chi connectivity index (χ1n) is 21.0. The Morgan fingerprint density at radius 2 is 1.07 bits per heavy atom. The van der Waals surface area contributed by atoms with Crippen LogP contribution in [0.3, 0.4) is 0 Å². The van der Waals surface area contributed by atoms with Gasteiger partial charge in [-0.3, -0.25) is 28.2 Å². The van der Waals surface area contributed by atoms with Crippen molar-refractivity contribution in [2.45, 2.75) is 187 Å². The molecule has 0 aromatic heterocycles. The lowest BCUT2D eigenvalue weighted by Gasteiger charge is -2.20. The van der Waals surface area contributed by atoms with Crippen LogP contribution >= 0.6 is 7.82 Å². The van der Waals surface area contributed by atoms with Crippen LogP contribution in [-0.4, -0.2) is 65.7 Å². The number of rotatable bonds is 39. The van der Waals surface area contributed by atoms with E-state index in [2.05, 4.69) is 36.6 Å². The number of carboxylic acid groups (broad SMARTS) is 1. The summed E-state index contributed by atoms with van der Waals surface area (Å²) < 4.78 is 32.6. The van der Waals surface area contributed by atoms with Crippen molar-refractivity contribution in [1.29, 1.82) is 0 Å². The zero-order chi connectivity index (χ0) is 40.8. The van der Waals surface area contributed by atoms with Crippen LogP contribution in [0.1, 0.15) is 174 Å². The molecular weight excluding hydrogens is 725 g/mol. The molecule has 0 bridgehead atoms. The van der Waals surface area contributed by atoms with Gasteiger partial charge in [0.1, 0.15) is 12.6 Å². The molecule has 3 atom stereocenters. The summed E-state index contributed by atoms with van der Waals surface area (Å²) in [7, 11) is -4.74. The zero-order valence-electron chi connectivity index (χ0n) is 34.0. The molecule has 0 radical (unpaired) electrons. The van der Waals surface area contributed by atoms with Crippen molar-refractivity contribution >= 4 is 31.5 Å². The third-order valence-corrected chi connectivity index (χ3v) is 9.79. The largest absolute Gasteiger partial charge is 0.480 e. The van der Waals surface area contributed by atoms with Gasteiger partial charge in [0.15, 0.2) is 11.9 Å². The Balaban J connectivity index is 4.48. The number of ether oxygens (including phenoxy) is 2. The molecule has 4 N–H and O–H groups in total. The first-order chi connectivity index (χ1) is 26.5. The van der Waals surface area contributed by atoms with Crippen LogP contribution in [0.4, 0.5) is 0 Å². The molecule has 0 fully saturated rings. The second-order valence-electron chi connectivity index (χ2n) is 14.2. The van der Waals surface area contributed by atoms with E-state index in [0.29, 0.717) is 19.3 Å². The zero-order valence-corrected chi connectivity index (χ0v) is 34.9. The molecule has 0 heterocycles. The Labute approximate surface area is 331 Å². The van der Waals surface area contributed by atoms with Gasteiger partial charge in [-0.2, -0.15) is 0 Å². The van der Waals surface area contributed by atoms with Crippen molar-refractivity contribution in [3.05, 3.63) is 36.5 Å². The van der Waals surface area contributed by atoms with Crippen molar-refractivity contribution in [3.63, 3.8) is 0 Å². The van der Waals surface area contributed by atoms with Crippen LogP contribution < -0.4 is 5.73 Å². The number of ketones is 1. The molecule has 0 amide bonds. The molecular formula is C42H74NO11P. The Hall–Kier alpha value is -2.63. The van der Waals surface area contributed by atoms with Crippen LogP contribution in [0.2, 0.25) is 0 Å². The fourth-order valence-corrected chi connectivity index (χ4v) is 6.23. The lowest BCUT2D eigenvalue weighted by molar-refractivity contribution is -0.161. The highest BCUT2D eigenvalue weighted by Gasteiger charge is 2.28. The van der Waals surface area contributed by atoms with E-state index in [-0.39, 0.29) is 18.6 Å². The van der Waals surface area contributed by atoms with E-state index in [1.807, 2.05) is 6.08 Å². The highest BCUT2D eigenvalue weighted by Crippen LogP contribution is 2.43. The number of aliphatic carboxylic acids is 1. The number of phosphoric ester groups is 1. The summed E-state index contributed by atoms with van der Waals surface area (Å²) in [5.41, 5.74) is 5.32. The lowest BCUT2D eigenvalue weighted by Crippen LogP contribution is -2.34. The first kappa shape index (κ1) is 52.4. The normalized spacial score (nSPS) is 14.0. The average Bonchev–Trinajstić information content (AvgIpc) is 3.15. The number of hydrogen-bond donors (Lipinski definition) is 3. The number of allylic oxidation sites excluding steroid dienone is 6. The van der Waals surface area contributed by atoms with Gasteiger partial charge in [0.05, 0.1) is 13.2 Å². The number of unbranched alkanes of at least 4 members (excludes halogenated alkanes) is 18. The molecule has 0 aromatic carbocycles. The summed E-state index contributed by atoms with van der Waals surface area (Å²) in [5.74, 6) is -2.39. The molecule has 0 rings (SSSR count). The number of carbonyl (C=O) groups is 4. The molecule has 0 aliphatic heterocycles. The van der Waals surface area contributed by atoms with Crippen molar-refractivity contribution < 1.29 is 52.3 Å². The topological polar surface area (TPSA) is 189 Å². The van der Waals surface area contributed by atoms with Crippen LogP contribution in [0.5, 0.6) is 0 Å². The number of nitrogens with two attached hydrogens (primary N) is 1. The summed E-state index contributed by atoms with van der Waals surface area (Å²) in [6.07, 6.45) is 34.6. The molecule has 12 nitrogen and oxygen atoms in total. The molecule has 0 aliphatic rings. The van der Waals surface area contributed by atoms with Crippen LogP contribution in [0.25, 0.3) is 0 Å². The maximum Gasteiger partial charge on any atom is 0.472 e. The Bertz CT molecular complexity index is 1140. The van der Waals surface area contributed by atoms with Gasteiger partial charge in [0, 0.05) is 19.3 Å². The Morgan fingerprint density at radius 1 is 0.600 bits per heavy atom. The van der Waals surface area contributed by atoms with Crippen LogP contribution in [0, 0.1) is 0 Å². The monoisotopic (exact) mass is 799 g/mol. The van der Waals surface area contributed by atoms with E-state index in [1.54, 1.807) is 12.2 Å². The Kier molecular flexibility index (Phi) is 35.2. The minimum atomic E-state index is -4.74. The average molecular weight is 800 g/mol. The summed E-state index contributed by atoms with van der Waals surface area (Å²) in [6, 6.07) is -1.54. The van der Waals surface area contributed by atoms with Gasteiger partial charge in [-0.05, 0) is 63.9 Å². The second kappa shape index (κ2) is 37.0. The van der Waals surface area contributed by atoms with Gasteiger partial charge in [0.25, 0.3) is 0 Å². The highest BCUT2D eigenvalue weighted by atomic mass is 31.2. The quantitative estimate of drug-likeness (QED) is 0.0133. The SMILES string of the molecule is CCCCC/C=C\C=C\C(=O)CCCCCCCC(=O)OC[C@H](COP(=O)(O)OC[C@H](N)C(=O)O)OC(=O)CCCCCCCCC/C=C\CCCCCC. The molecule has 55 heavy (non-hydrogen) atoms. The molecule has 0 aromatic rings. The predicted octanol–water partition coefficient (Wildman–Crippen LogP) is 10.0. The second-order valence-corrected chi connectivity index (χ2v) is 15.6. The molecule has 318 valence electrons.